The van der Waals surface area contributed by atoms with Gasteiger partial charge in [0.25, 0.3) is 0 Å². The van der Waals surface area contributed by atoms with Crippen molar-refractivity contribution in [3.8, 4) is 0 Å². The minimum atomic E-state index is -1.03. The van der Waals surface area contributed by atoms with Gasteiger partial charge in [-0.1, -0.05) is 19.8 Å². The van der Waals surface area contributed by atoms with Crippen LogP contribution in [0.4, 0.5) is 0 Å². The average Bonchev–Trinajstić information content (AvgIpc) is 2.30. The van der Waals surface area contributed by atoms with Crippen LogP contribution in [-0.2, 0) is 9.59 Å². The van der Waals surface area contributed by atoms with Crippen LogP contribution in [0.25, 0.3) is 0 Å². The van der Waals surface area contributed by atoms with Crippen LogP contribution in [0.5, 0.6) is 0 Å². The second-order valence-electron chi connectivity index (χ2n) is 4.90. The highest BCUT2D eigenvalue weighted by Crippen LogP contribution is 2.24. The molecule has 1 aliphatic carbocycles. The molecule has 0 spiro atoms. The van der Waals surface area contributed by atoms with E-state index in [0.29, 0.717) is 11.5 Å². The maximum absolute atomic E-state index is 11.9. The van der Waals surface area contributed by atoms with Crippen LogP contribution in [0.2, 0.25) is 0 Å². The van der Waals surface area contributed by atoms with Crippen molar-refractivity contribution in [2.45, 2.75) is 52.5 Å². The van der Waals surface area contributed by atoms with E-state index in [-0.39, 0.29) is 17.5 Å². The van der Waals surface area contributed by atoms with E-state index < -0.39 is 5.97 Å². The maximum Gasteiger partial charge on any atom is 0.331 e. The van der Waals surface area contributed by atoms with Gasteiger partial charge in [0.1, 0.15) is 0 Å². The van der Waals surface area contributed by atoms with Gasteiger partial charge in [-0.3, -0.25) is 4.79 Å². The third kappa shape index (κ3) is 3.58. The molecular formula is C13H21NO3. The molecule has 1 rings (SSSR count). The summed E-state index contributed by atoms with van der Waals surface area (Å²) >= 11 is 0. The number of carboxylic acid groups (broad SMARTS) is 1. The summed E-state index contributed by atoms with van der Waals surface area (Å²) in [6.45, 7) is 5.15. The summed E-state index contributed by atoms with van der Waals surface area (Å²) in [5, 5.41) is 11.8. The van der Waals surface area contributed by atoms with Gasteiger partial charge >= 0.3 is 5.97 Å². The molecule has 96 valence electrons. The largest absolute Gasteiger partial charge is 0.478 e. The van der Waals surface area contributed by atoms with Crippen LogP contribution in [0, 0.1) is 5.92 Å². The first-order valence-electron chi connectivity index (χ1n) is 6.15. The van der Waals surface area contributed by atoms with Gasteiger partial charge in [-0.2, -0.15) is 0 Å². The van der Waals surface area contributed by atoms with Crippen molar-refractivity contribution in [2.24, 2.45) is 5.92 Å². The summed E-state index contributed by atoms with van der Waals surface area (Å²) < 4.78 is 0. The Labute approximate surface area is 102 Å². The standard InChI is InChI=1S/C13H21NO3/c1-8-6-4-5-7-11(8)14-12(15)9(2)10(3)13(16)17/h8,11H,4-7H2,1-3H3,(H,14,15)(H,16,17). The first kappa shape index (κ1) is 13.7. The minimum absolute atomic E-state index is 0.117. The van der Waals surface area contributed by atoms with Crippen molar-refractivity contribution in [2.75, 3.05) is 0 Å². The highest BCUT2D eigenvalue weighted by Gasteiger charge is 2.24. The number of aliphatic carboxylic acids is 1. The summed E-state index contributed by atoms with van der Waals surface area (Å²) in [5.41, 5.74) is 0.418. The maximum atomic E-state index is 11.9. The average molecular weight is 239 g/mol. The van der Waals surface area contributed by atoms with Gasteiger partial charge in [-0.15, -0.1) is 0 Å². The third-order valence-electron chi connectivity index (χ3n) is 3.65. The Morgan fingerprint density at radius 1 is 1.12 bits per heavy atom. The van der Waals surface area contributed by atoms with Gasteiger partial charge in [0.05, 0.1) is 0 Å². The van der Waals surface area contributed by atoms with Crippen molar-refractivity contribution in [3.63, 3.8) is 0 Å². The molecule has 0 bridgehead atoms. The van der Waals surface area contributed by atoms with E-state index in [4.69, 9.17) is 5.11 Å². The molecule has 2 unspecified atom stereocenters. The molecule has 0 aromatic carbocycles. The molecule has 1 saturated carbocycles. The zero-order valence-electron chi connectivity index (χ0n) is 10.7. The number of nitrogens with one attached hydrogen (secondary N) is 1. The van der Waals surface area contributed by atoms with Crippen molar-refractivity contribution >= 4 is 11.9 Å². The Kier molecular flexibility index (Phi) is 4.73. The molecule has 0 aromatic heterocycles. The molecular weight excluding hydrogens is 218 g/mol. The van der Waals surface area contributed by atoms with Gasteiger partial charge in [-0.25, -0.2) is 4.79 Å². The van der Waals surface area contributed by atoms with Crippen LogP contribution in [0.1, 0.15) is 46.5 Å². The van der Waals surface area contributed by atoms with Crippen molar-refractivity contribution in [1.29, 1.82) is 0 Å². The topological polar surface area (TPSA) is 66.4 Å². The zero-order chi connectivity index (χ0) is 13.0. The SMILES string of the molecule is CC(C(=O)O)=C(C)C(=O)NC1CCCCC1C. The third-order valence-corrected chi connectivity index (χ3v) is 3.65. The number of carbonyl (C=O) groups excluding carboxylic acids is 1. The Morgan fingerprint density at radius 3 is 2.24 bits per heavy atom. The lowest BCUT2D eigenvalue weighted by molar-refractivity contribution is -0.133. The Morgan fingerprint density at radius 2 is 1.71 bits per heavy atom. The molecule has 1 fully saturated rings. The molecule has 0 heterocycles. The second kappa shape index (κ2) is 5.84. The van der Waals surface area contributed by atoms with Crippen LogP contribution in [0.15, 0.2) is 11.1 Å². The first-order chi connectivity index (χ1) is 7.93. The fourth-order valence-electron chi connectivity index (χ4n) is 2.14. The molecule has 1 aliphatic rings. The van der Waals surface area contributed by atoms with Crippen molar-refractivity contribution < 1.29 is 14.7 Å². The monoisotopic (exact) mass is 239 g/mol. The van der Waals surface area contributed by atoms with Gasteiger partial charge in [0, 0.05) is 17.2 Å². The van der Waals surface area contributed by atoms with Gasteiger partial charge in [0.15, 0.2) is 0 Å². The van der Waals surface area contributed by atoms with E-state index in [2.05, 4.69) is 12.2 Å². The van der Waals surface area contributed by atoms with E-state index in [9.17, 15) is 9.59 Å². The predicted octanol–water partition coefficient (Wildman–Crippen LogP) is 2.10. The summed E-state index contributed by atoms with van der Waals surface area (Å²) in [5.74, 6) is -0.802. The lowest BCUT2D eigenvalue weighted by Gasteiger charge is -2.29. The fourth-order valence-corrected chi connectivity index (χ4v) is 2.14. The number of carboxylic acids is 1. The Hall–Kier alpha value is -1.32. The van der Waals surface area contributed by atoms with Crippen LogP contribution < -0.4 is 5.32 Å². The highest BCUT2D eigenvalue weighted by atomic mass is 16.4. The normalized spacial score (nSPS) is 26.1. The van der Waals surface area contributed by atoms with E-state index >= 15 is 0 Å². The molecule has 4 nitrogen and oxygen atoms in total. The summed E-state index contributed by atoms with van der Waals surface area (Å²) in [7, 11) is 0. The number of amides is 1. The fraction of sp³-hybridized carbons (Fsp3) is 0.692. The smallest absolute Gasteiger partial charge is 0.331 e. The Balaban J connectivity index is 2.65. The van der Waals surface area contributed by atoms with E-state index in [1.54, 1.807) is 6.92 Å². The van der Waals surface area contributed by atoms with Crippen LogP contribution >= 0.6 is 0 Å². The molecule has 1 amide bonds. The Bertz CT molecular complexity index is 347. The van der Waals surface area contributed by atoms with Gasteiger partial charge < -0.3 is 10.4 Å². The van der Waals surface area contributed by atoms with Crippen molar-refractivity contribution in [3.05, 3.63) is 11.1 Å². The quantitative estimate of drug-likeness (QED) is 0.741. The lowest BCUT2D eigenvalue weighted by atomic mass is 9.86. The van der Waals surface area contributed by atoms with E-state index in [1.165, 1.54) is 13.3 Å². The van der Waals surface area contributed by atoms with Gasteiger partial charge in [-0.05, 0) is 32.6 Å². The molecule has 0 aliphatic heterocycles. The summed E-state index contributed by atoms with van der Waals surface area (Å²) in [6, 6.07) is 0.188. The number of hydrogen-bond donors (Lipinski definition) is 2. The van der Waals surface area contributed by atoms with Crippen molar-refractivity contribution in [1.82, 2.24) is 5.32 Å². The molecule has 4 heteroatoms. The molecule has 2 atom stereocenters. The summed E-state index contributed by atoms with van der Waals surface area (Å²) in [4.78, 5) is 22.6. The molecule has 0 aromatic rings. The molecule has 17 heavy (non-hydrogen) atoms. The highest BCUT2D eigenvalue weighted by molar-refractivity contribution is 6.01. The minimum Gasteiger partial charge on any atom is -0.478 e. The number of hydrogen-bond acceptors (Lipinski definition) is 2. The van der Waals surface area contributed by atoms with E-state index in [1.807, 2.05) is 0 Å². The first-order valence-corrected chi connectivity index (χ1v) is 6.15. The second-order valence-corrected chi connectivity index (χ2v) is 4.90. The summed E-state index contributed by atoms with van der Waals surface area (Å²) in [6.07, 6.45) is 4.48. The predicted molar refractivity (Wildman–Crippen MR) is 65.6 cm³/mol. The zero-order valence-corrected chi connectivity index (χ0v) is 10.7. The van der Waals surface area contributed by atoms with Crippen LogP contribution in [0.3, 0.4) is 0 Å². The molecule has 0 saturated heterocycles. The molecule has 2 N–H and O–H groups in total. The number of rotatable bonds is 3. The molecule has 0 radical (unpaired) electrons. The van der Waals surface area contributed by atoms with Crippen LogP contribution in [-0.4, -0.2) is 23.0 Å². The van der Waals surface area contributed by atoms with E-state index in [0.717, 1.165) is 19.3 Å². The lowest BCUT2D eigenvalue weighted by Crippen LogP contribution is -2.41. The van der Waals surface area contributed by atoms with Gasteiger partial charge in [0.2, 0.25) is 5.91 Å². The number of carbonyl (C=O) groups is 2.